The first kappa shape index (κ1) is 19.7. The summed E-state index contributed by atoms with van der Waals surface area (Å²) in [5, 5.41) is 0. The van der Waals surface area contributed by atoms with E-state index in [9.17, 15) is 0 Å². The summed E-state index contributed by atoms with van der Waals surface area (Å²) in [7, 11) is 0. The molecule has 5 aromatic rings. The largest absolute Gasteiger partial charge is 0.399 e. The van der Waals surface area contributed by atoms with Crippen LogP contribution in [0.3, 0.4) is 0 Å². The van der Waals surface area contributed by atoms with Crippen LogP contribution in [0, 0.1) is 0 Å². The van der Waals surface area contributed by atoms with E-state index in [1.165, 1.54) is 0 Å². The Labute approximate surface area is 188 Å². The van der Waals surface area contributed by atoms with Crippen molar-refractivity contribution in [1.82, 2.24) is 0 Å². The number of hydrogen-bond acceptors (Lipinski definition) is 2. The highest BCUT2D eigenvalue weighted by Crippen LogP contribution is 2.48. The van der Waals surface area contributed by atoms with E-state index in [4.69, 9.17) is 11.5 Å². The van der Waals surface area contributed by atoms with Crippen LogP contribution in [0.5, 0.6) is 0 Å². The van der Waals surface area contributed by atoms with Gasteiger partial charge in [0.2, 0.25) is 0 Å². The molecule has 0 unspecified atom stereocenters. The summed E-state index contributed by atoms with van der Waals surface area (Å²) in [6.07, 6.45) is 0. The van der Waals surface area contributed by atoms with E-state index in [0.717, 1.165) is 55.9 Å². The highest BCUT2D eigenvalue weighted by Gasteiger charge is 2.21. The van der Waals surface area contributed by atoms with Crippen LogP contribution in [-0.2, 0) is 0 Å². The number of benzene rings is 5. The summed E-state index contributed by atoms with van der Waals surface area (Å²) in [5.41, 5.74) is 23.2. The second kappa shape index (κ2) is 8.44. The molecule has 2 nitrogen and oxygen atoms in total. The summed E-state index contributed by atoms with van der Waals surface area (Å²) in [4.78, 5) is 0. The molecule has 5 aromatic carbocycles. The van der Waals surface area contributed by atoms with Gasteiger partial charge in [-0.3, -0.25) is 0 Å². The maximum absolute atomic E-state index is 6.78. The lowest BCUT2D eigenvalue weighted by Crippen LogP contribution is -2.00. The summed E-state index contributed by atoms with van der Waals surface area (Å²) in [6, 6.07) is 41.5. The first-order chi connectivity index (χ1) is 15.7. The molecule has 0 amide bonds. The fraction of sp³-hybridized carbons (Fsp3) is 0. The van der Waals surface area contributed by atoms with E-state index in [0.29, 0.717) is 0 Å². The summed E-state index contributed by atoms with van der Waals surface area (Å²) in [6.45, 7) is 0. The maximum atomic E-state index is 6.78. The van der Waals surface area contributed by atoms with Crippen LogP contribution in [-0.4, -0.2) is 0 Å². The van der Waals surface area contributed by atoms with Crippen LogP contribution in [0.1, 0.15) is 0 Å². The molecule has 0 atom stereocenters. The van der Waals surface area contributed by atoms with Crippen molar-refractivity contribution in [1.29, 1.82) is 0 Å². The standard InChI is InChI=1S/C30H24N2/c31-25-18-16-24(17-19-25)28-26(21-10-4-1-5-11-21)20-27(32)29(22-12-6-2-7-13-22)30(28)23-14-8-3-9-15-23/h1-20H,31-32H2. The van der Waals surface area contributed by atoms with Crippen LogP contribution in [0.15, 0.2) is 121 Å². The molecule has 0 saturated heterocycles. The molecule has 0 aliphatic heterocycles. The molecule has 0 aromatic heterocycles. The molecule has 0 aliphatic carbocycles. The summed E-state index contributed by atoms with van der Waals surface area (Å²) in [5.74, 6) is 0. The highest BCUT2D eigenvalue weighted by molar-refractivity contribution is 6.05. The molecular weight excluding hydrogens is 388 g/mol. The molecule has 2 heteroatoms. The first-order valence-corrected chi connectivity index (χ1v) is 10.7. The Bertz CT molecular complexity index is 1340. The Morgan fingerprint density at radius 2 is 0.812 bits per heavy atom. The Kier molecular flexibility index (Phi) is 5.19. The van der Waals surface area contributed by atoms with Crippen molar-refractivity contribution >= 4 is 11.4 Å². The maximum Gasteiger partial charge on any atom is 0.0406 e. The van der Waals surface area contributed by atoms with Gasteiger partial charge in [-0.2, -0.15) is 0 Å². The Morgan fingerprint density at radius 1 is 0.375 bits per heavy atom. The van der Waals surface area contributed by atoms with Crippen molar-refractivity contribution in [2.75, 3.05) is 11.5 Å². The van der Waals surface area contributed by atoms with Crippen molar-refractivity contribution in [3.05, 3.63) is 121 Å². The van der Waals surface area contributed by atoms with Crippen LogP contribution >= 0.6 is 0 Å². The summed E-state index contributed by atoms with van der Waals surface area (Å²) < 4.78 is 0. The van der Waals surface area contributed by atoms with Crippen molar-refractivity contribution in [3.63, 3.8) is 0 Å². The number of hydrogen-bond donors (Lipinski definition) is 2. The van der Waals surface area contributed by atoms with Gasteiger partial charge in [-0.05, 0) is 51.6 Å². The lowest BCUT2D eigenvalue weighted by atomic mass is 9.82. The normalized spacial score (nSPS) is 10.8. The Hall–Kier alpha value is -4.30. The molecule has 0 spiro atoms. The van der Waals surface area contributed by atoms with Crippen molar-refractivity contribution < 1.29 is 0 Å². The lowest BCUT2D eigenvalue weighted by Gasteiger charge is -2.22. The van der Waals surface area contributed by atoms with Gasteiger partial charge in [-0.25, -0.2) is 0 Å². The van der Waals surface area contributed by atoms with Gasteiger partial charge in [-0.15, -0.1) is 0 Å². The minimum atomic E-state index is 0.745. The second-order valence-corrected chi connectivity index (χ2v) is 7.86. The van der Waals surface area contributed by atoms with Crippen LogP contribution in [0.25, 0.3) is 44.5 Å². The molecule has 0 fully saturated rings. The molecule has 4 N–H and O–H groups in total. The number of nitrogen functional groups attached to an aromatic ring is 2. The lowest BCUT2D eigenvalue weighted by molar-refractivity contribution is 1.54. The fourth-order valence-electron chi connectivity index (χ4n) is 4.31. The van der Waals surface area contributed by atoms with Crippen LogP contribution in [0.2, 0.25) is 0 Å². The van der Waals surface area contributed by atoms with Crippen molar-refractivity contribution in [2.24, 2.45) is 0 Å². The third kappa shape index (κ3) is 3.63. The van der Waals surface area contributed by atoms with E-state index in [2.05, 4.69) is 91.0 Å². The minimum Gasteiger partial charge on any atom is -0.399 e. The first-order valence-electron chi connectivity index (χ1n) is 10.7. The second-order valence-electron chi connectivity index (χ2n) is 7.86. The van der Waals surface area contributed by atoms with Gasteiger partial charge in [0.25, 0.3) is 0 Å². The molecular formula is C30H24N2. The molecule has 32 heavy (non-hydrogen) atoms. The molecule has 0 saturated carbocycles. The number of anilines is 2. The zero-order chi connectivity index (χ0) is 21.9. The van der Waals surface area contributed by atoms with Gasteiger partial charge in [0.15, 0.2) is 0 Å². The average molecular weight is 413 g/mol. The predicted molar refractivity (Wildman–Crippen MR) is 137 cm³/mol. The molecule has 5 rings (SSSR count). The van der Waals surface area contributed by atoms with E-state index in [-0.39, 0.29) is 0 Å². The van der Waals surface area contributed by atoms with E-state index in [1.807, 2.05) is 30.3 Å². The van der Waals surface area contributed by atoms with E-state index >= 15 is 0 Å². The quantitative estimate of drug-likeness (QED) is 0.300. The zero-order valence-corrected chi connectivity index (χ0v) is 17.7. The fourth-order valence-corrected chi connectivity index (χ4v) is 4.31. The number of rotatable bonds is 4. The van der Waals surface area contributed by atoms with Gasteiger partial charge < -0.3 is 11.5 Å². The SMILES string of the molecule is Nc1ccc(-c2c(-c3ccccc3)cc(N)c(-c3ccccc3)c2-c2ccccc2)cc1. The minimum absolute atomic E-state index is 0.745. The Morgan fingerprint density at radius 3 is 1.34 bits per heavy atom. The third-order valence-electron chi connectivity index (χ3n) is 5.77. The van der Waals surface area contributed by atoms with E-state index in [1.54, 1.807) is 0 Å². The molecule has 0 radical (unpaired) electrons. The zero-order valence-electron chi connectivity index (χ0n) is 17.7. The van der Waals surface area contributed by atoms with Crippen molar-refractivity contribution in [3.8, 4) is 44.5 Å². The van der Waals surface area contributed by atoms with Crippen LogP contribution in [0.4, 0.5) is 11.4 Å². The number of nitrogens with two attached hydrogens (primary N) is 2. The molecule has 0 aliphatic rings. The van der Waals surface area contributed by atoms with Gasteiger partial charge in [-0.1, -0.05) is 103 Å². The van der Waals surface area contributed by atoms with Gasteiger partial charge in [0, 0.05) is 22.5 Å². The molecule has 0 heterocycles. The smallest absolute Gasteiger partial charge is 0.0406 e. The topological polar surface area (TPSA) is 52.0 Å². The van der Waals surface area contributed by atoms with Crippen LogP contribution < -0.4 is 11.5 Å². The van der Waals surface area contributed by atoms with Crippen molar-refractivity contribution in [2.45, 2.75) is 0 Å². The van der Waals surface area contributed by atoms with E-state index < -0.39 is 0 Å². The third-order valence-corrected chi connectivity index (χ3v) is 5.77. The van der Waals surface area contributed by atoms with Gasteiger partial charge in [0.05, 0.1) is 0 Å². The average Bonchev–Trinajstić information content (AvgIpc) is 2.85. The monoisotopic (exact) mass is 412 g/mol. The molecule has 0 bridgehead atoms. The van der Waals surface area contributed by atoms with Gasteiger partial charge in [0.1, 0.15) is 0 Å². The highest BCUT2D eigenvalue weighted by atomic mass is 14.6. The predicted octanol–water partition coefficient (Wildman–Crippen LogP) is 7.52. The summed E-state index contributed by atoms with van der Waals surface area (Å²) >= 11 is 0. The van der Waals surface area contributed by atoms with Gasteiger partial charge >= 0.3 is 0 Å². The Balaban J connectivity index is 1.95. The molecule has 154 valence electrons.